The molecule has 45 heavy (non-hydrogen) atoms. The Kier molecular flexibility index (Phi) is 7.40. The molecule has 15 heteroatoms. The second-order valence-corrected chi connectivity index (χ2v) is 12.4. The van der Waals surface area contributed by atoms with Crippen molar-refractivity contribution in [2.45, 2.75) is 45.0 Å². The molecule has 5 heterocycles. The van der Waals surface area contributed by atoms with Crippen molar-refractivity contribution in [3.63, 3.8) is 0 Å². The molecule has 0 amide bonds. The minimum Gasteiger partial charge on any atom is -0.472 e. The summed E-state index contributed by atoms with van der Waals surface area (Å²) in [6.07, 6.45) is -3.63. The number of nitrogens with one attached hydrogen (secondary N) is 1. The van der Waals surface area contributed by atoms with Crippen LogP contribution in [-0.2, 0) is 10.9 Å². The van der Waals surface area contributed by atoms with Gasteiger partial charge in [0.1, 0.15) is 34.3 Å². The second-order valence-electron chi connectivity index (χ2n) is 12.4. The van der Waals surface area contributed by atoms with Crippen molar-refractivity contribution >= 4 is 22.4 Å². The summed E-state index contributed by atoms with van der Waals surface area (Å²) in [5.74, 6) is -2.16. The summed E-state index contributed by atoms with van der Waals surface area (Å²) in [6.45, 7) is 8.55. The molecule has 0 bridgehead atoms. The Balaban J connectivity index is 1.37. The van der Waals surface area contributed by atoms with Gasteiger partial charge < -0.3 is 30.2 Å². The highest BCUT2D eigenvalue weighted by atomic mass is 19.4. The fraction of sp³-hybridized carbons (Fsp3) is 0.567. The zero-order valence-corrected chi connectivity index (χ0v) is 24.9. The molecule has 2 aromatic heterocycles. The van der Waals surface area contributed by atoms with E-state index in [4.69, 9.17) is 24.9 Å². The molecule has 3 N–H and O–H groups in total. The molecular weight excluding hydrogens is 601 g/mol. The SMILES string of the molecule is Cc1c(F)c(N)cc(-c2nc3c4c(nc(OCC5(CN6CCOCC6)CC5)nc4c2F)N2CCNC[C@H]2[C@H](C)O3)c1C(F)(F)F. The molecule has 1 aliphatic carbocycles. The molecule has 4 aliphatic rings. The Morgan fingerprint density at radius 2 is 1.87 bits per heavy atom. The quantitative estimate of drug-likeness (QED) is 0.306. The Hall–Kier alpha value is -3.56. The zero-order valence-electron chi connectivity index (χ0n) is 24.9. The highest BCUT2D eigenvalue weighted by Crippen LogP contribution is 2.48. The molecule has 10 nitrogen and oxygen atoms in total. The average molecular weight is 636 g/mol. The number of nitrogen functional groups attached to an aromatic ring is 1. The van der Waals surface area contributed by atoms with E-state index in [1.807, 2.05) is 11.8 Å². The Morgan fingerprint density at radius 1 is 1.11 bits per heavy atom. The van der Waals surface area contributed by atoms with Crippen LogP contribution in [0.5, 0.6) is 11.9 Å². The molecule has 0 spiro atoms. The van der Waals surface area contributed by atoms with Gasteiger partial charge in [0.2, 0.25) is 5.88 Å². The van der Waals surface area contributed by atoms with Gasteiger partial charge >= 0.3 is 12.2 Å². The highest BCUT2D eigenvalue weighted by molar-refractivity contribution is 5.97. The number of halogens is 5. The van der Waals surface area contributed by atoms with E-state index in [-0.39, 0.29) is 34.3 Å². The maximum absolute atomic E-state index is 16.6. The van der Waals surface area contributed by atoms with Gasteiger partial charge in [0, 0.05) is 50.2 Å². The predicted octanol–water partition coefficient (Wildman–Crippen LogP) is 3.93. The molecule has 0 radical (unpaired) electrons. The minimum absolute atomic E-state index is 0.0922. The number of piperazine rings is 1. The van der Waals surface area contributed by atoms with Crippen molar-refractivity contribution in [2.75, 3.05) is 69.7 Å². The van der Waals surface area contributed by atoms with Gasteiger partial charge in [-0.05, 0) is 38.3 Å². The van der Waals surface area contributed by atoms with E-state index >= 15 is 4.39 Å². The van der Waals surface area contributed by atoms with E-state index in [0.717, 1.165) is 45.5 Å². The number of morpholine rings is 1. The van der Waals surface area contributed by atoms with Crippen LogP contribution >= 0.6 is 0 Å². The van der Waals surface area contributed by atoms with E-state index in [1.165, 1.54) is 0 Å². The molecule has 3 aliphatic heterocycles. The largest absolute Gasteiger partial charge is 0.472 e. The first-order valence-corrected chi connectivity index (χ1v) is 15.1. The van der Waals surface area contributed by atoms with Gasteiger partial charge in [-0.25, -0.2) is 13.8 Å². The van der Waals surface area contributed by atoms with Crippen LogP contribution in [0.2, 0.25) is 0 Å². The number of alkyl halides is 3. The average Bonchev–Trinajstić information content (AvgIpc) is 3.79. The lowest BCUT2D eigenvalue weighted by molar-refractivity contribution is -0.137. The van der Waals surface area contributed by atoms with Crippen LogP contribution in [0.1, 0.15) is 30.9 Å². The number of nitrogens with two attached hydrogens (primary N) is 1. The number of benzene rings is 1. The molecule has 7 rings (SSSR count). The normalized spacial score (nSPS) is 23.0. The fourth-order valence-corrected chi connectivity index (χ4v) is 6.65. The van der Waals surface area contributed by atoms with E-state index in [1.54, 1.807) is 0 Å². The molecule has 1 saturated carbocycles. The van der Waals surface area contributed by atoms with E-state index in [2.05, 4.69) is 20.2 Å². The number of hydrogen-bond donors (Lipinski definition) is 2. The van der Waals surface area contributed by atoms with Crippen LogP contribution in [0, 0.1) is 24.0 Å². The molecule has 3 aromatic rings. The number of rotatable bonds is 6. The molecule has 0 unspecified atom stereocenters. The van der Waals surface area contributed by atoms with Crippen molar-refractivity contribution < 1.29 is 36.2 Å². The lowest BCUT2D eigenvalue weighted by Gasteiger charge is -2.38. The fourth-order valence-electron chi connectivity index (χ4n) is 6.65. The lowest BCUT2D eigenvalue weighted by Crippen LogP contribution is -2.56. The molecule has 242 valence electrons. The summed E-state index contributed by atoms with van der Waals surface area (Å²) in [4.78, 5) is 17.7. The van der Waals surface area contributed by atoms with Crippen molar-refractivity contribution in [1.29, 1.82) is 0 Å². The van der Waals surface area contributed by atoms with Crippen LogP contribution in [0.15, 0.2) is 6.07 Å². The van der Waals surface area contributed by atoms with Gasteiger partial charge in [0.15, 0.2) is 5.82 Å². The van der Waals surface area contributed by atoms with Crippen LogP contribution in [-0.4, -0.2) is 91.1 Å². The standard InChI is InChI=1S/C30H34F5N7O3/c1-15-21(30(33,34)35)17(11-18(36)22(15)31)24-23(32)25-20-26(42-6-5-37-12-19(42)16(2)45-27(20)38-24)40-28(39-25)44-14-29(3-4-29)13-41-7-9-43-10-8-41/h11,16,19,37H,3-10,12-14,36H2,1-2H3/t16-,19-/m0/s1. The van der Waals surface area contributed by atoms with Gasteiger partial charge in [-0.1, -0.05) is 0 Å². The summed E-state index contributed by atoms with van der Waals surface area (Å²) in [7, 11) is 0. The number of anilines is 2. The summed E-state index contributed by atoms with van der Waals surface area (Å²) in [5.41, 5.74) is 1.24. The third-order valence-corrected chi connectivity index (χ3v) is 9.30. The van der Waals surface area contributed by atoms with Crippen molar-refractivity contribution in [3.05, 3.63) is 28.8 Å². The first-order chi connectivity index (χ1) is 21.5. The number of nitrogens with zero attached hydrogens (tertiary/aromatic N) is 5. The monoisotopic (exact) mass is 635 g/mol. The van der Waals surface area contributed by atoms with Gasteiger partial charge in [0.25, 0.3) is 0 Å². The highest BCUT2D eigenvalue weighted by Gasteiger charge is 2.46. The van der Waals surface area contributed by atoms with Gasteiger partial charge in [-0.2, -0.15) is 23.1 Å². The van der Waals surface area contributed by atoms with Crippen molar-refractivity contribution in [2.24, 2.45) is 5.41 Å². The molecule has 2 atom stereocenters. The number of fused-ring (bicyclic) bond motifs is 2. The van der Waals surface area contributed by atoms with Gasteiger partial charge in [-0.15, -0.1) is 0 Å². The zero-order chi connectivity index (χ0) is 31.7. The summed E-state index contributed by atoms with van der Waals surface area (Å²) in [5, 5.41) is 3.45. The summed E-state index contributed by atoms with van der Waals surface area (Å²) >= 11 is 0. The number of aromatic nitrogens is 3. The Labute approximate surface area is 256 Å². The summed E-state index contributed by atoms with van der Waals surface area (Å²) < 4.78 is 92.1. The second kappa shape index (κ2) is 11.1. The number of pyridine rings is 1. The van der Waals surface area contributed by atoms with E-state index in [0.29, 0.717) is 45.3 Å². The molecule has 3 fully saturated rings. The number of hydrogen-bond acceptors (Lipinski definition) is 10. The van der Waals surface area contributed by atoms with Crippen LogP contribution in [0.25, 0.3) is 22.2 Å². The predicted molar refractivity (Wildman–Crippen MR) is 155 cm³/mol. The lowest BCUT2D eigenvalue weighted by atomic mass is 9.96. The maximum Gasteiger partial charge on any atom is 0.417 e. The first-order valence-electron chi connectivity index (χ1n) is 15.1. The third kappa shape index (κ3) is 5.37. The third-order valence-electron chi connectivity index (χ3n) is 9.30. The van der Waals surface area contributed by atoms with Crippen LogP contribution in [0.4, 0.5) is 33.5 Å². The van der Waals surface area contributed by atoms with Crippen molar-refractivity contribution in [3.8, 4) is 23.1 Å². The molecular formula is C30H34F5N7O3. The van der Waals surface area contributed by atoms with E-state index < -0.39 is 52.0 Å². The van der Waals surface area contributed by atoms with Crippen LogP contribution < -0.4 is 25.4 Å². The first kappa shape index (κ1) is 30.1. The Morgan fingerprint density at radius 3 is 2.58 bits per heavy atom. The maximum atomic E-state index is 16.6. The molecule has 2 saturated heterocycles. The summed E-state index contributed by atoms with van der Waals surface area (Å²) in [6, 6.07) is 0.422. The Bertz CT molecular complexity index is 1650. The van der Waals surface area contributed by atoms with Gasteiger partial charge in [-0.3, -0.25) is 4.90 Å². The van der Waals surface area contributed by atoms with E-state index in [9.17, 15) is 17.6 Å². The van der Waals surface area contributed by atoms with Crippen LogP contribution in [0.3, 0.4) is 0 Å². The number of ether oxygens (including phenoxy) is 3. The minimum atomic E-state index is -5.03. The smallest absolute Gasteiger partial charge is 0.417 e. The van der Waals surface area contributed by atoms with Crippen molar-refractivity contribution in [1.82, 2.24) is 25.2 Å². The molecule has 1 aromatic carbocycles. The van der Waals surface area contributed by atoms with Gasteiger partial charge in [0.05, 0.1) is 37.1 Å². The topological polar surface area (TPSA) is 111 Å².